The van der Waals surface area contributed by atoms with Gasteiger partial charge in [0.25, 0.3) is 0 Å². The van der Waals surface area contributed by atoms with Crippen molar-refractivity contribution in [3.63, 3.8) is 0 Å². The highest BCUT2D eigenvalue weighted by Crippen LogP contribution is 2.33. The molecular formula is C19H25N7O. The van der Waals surface area contributed by atoms with Crippen molar-refractivity contribution >= 4 is 17.2 Å². The molecule has 1 N–H and O–H groups in total. The molecule has 142 valence electrons. The Morgan fingerprint density at radius 2 is 1.85 bits per heavy atom. The molecule has 0 amide bonds. The zero-order chi connectivity index (χ0) is 18.1. The summed E-state index contributed by atoms with van der Waals surface area (Å²) in [6.07, 6.45) is 15.8. The van der Waals surface area contributed by atoms with Gasteiger partial charge in [-0.15, -0.1) is 0 Å². The summed E-state index contributed by atoms with van der Waals surface area (Å²) in [7, 11) is 0. The molecule has 0 spiro atoms. The van der Waals surface area contributed by atoms with Gasteiger partial charge in [0.15, 0.2) is 11.5 Å². The topological polar surface area (TPSA) is 82.2 Å². The molecule has 2 fully saturated rings. The van der Waals surface area contributed by atoms with E-state index < -0.39 is 0 Å². The first-order valence-corrected chi connectivity index (χ1v) is 9.96. The lowest BCUT2D eigenvalue weighted by molar-refractivity contribution is 0.0662. The number of rotatable bonds is 4. The Morgan fingerprint density at radius 1 is 1.00 bits per heavy atom. The van der Waals surface area contributed by atoms with Gasteiger partial charge in [-0.3, -0.25) is 4.68 Å². The number of aromatic nitrogens is 6. The van der Waals surface area contributed by atoms with Crippen molar-refractivity contribution in [3.8, 4) is 0 Å². The third-order valence-electron chi connectivity index (χ3n) is 5.73. The zero-order valence-corrected chi connectivity index (χ0v) is 15.4. The molecule has 8 heteroatoms. The summed E-state index contributed by atoms with van der Waals surface area (Å²) in [5.74, 6) is 1.26. The van der Waals surface area contributed by atoms with E-state index in [9.17, 15) is 0 Å². The van der Waals surface area contributed by atoms with Gasteiger partial charge in [0, 0.05) is 25.3 Å². The first-order chi connectivity index (χ1) is 13.4. The normalized spacial score (nSPS) is 19.6. The maximum Gasteiger partial charge on any atom is 0.198 e. The van der Waals surface area contributed by atoms with Crippen LogP contribution in [0.3, 0.4) is 0 Å². The highest BCUT2D eigenvalue weighted by Gasteiger charge is 2.20. The van der Waals surface area contributed by atoms with E-state index in [4.69, 9.17) is 9.72 Å². The number of fused-ring (bicyclic) bond motifs is 1. The van der Waals surface area contributed by atoms with Gasteiger partial charge in [0.05, 0.1) is 29.8 Å². The van der Waals surface area contributed by atoms with Crippen LogP contribution in [0.25, 0.3) is 5.65 Å². The predicted molar refractivity (Wildman–Crippen MR) is 101 cm³/mol. The van der Waals surface area contributed by atoms with Crippen LogP contribution in [-0.2, 0) is 4.74 Å². The van der Waals surface area contributed by atoms with E-state index in [0.717, 1.165) is 48.9 Å². The molecule has 2 aliphatic rings. The van der Waals surface area contributed by atoms with E-state index in [0.29, 0.717) is 12.0 Å². The van der Waals surface area contributed by atoms with Crippen LogP contribution in [0.5, 0.6) is 0 Å². The van der Waals surface area contributed by atoms with Crippen molar-refractivity contribution in [2.75, 3.05) is 18.5 Å². The van der Waals surface area contributed by atoms with Crippen molar-refractivity contribution in [1.82, 2.24) is 29.4 Å². The minimum absolute atomic E-state index is 0.406. The van der Waals surface area contributed by atoms with Gasteiger partial charge < -0.3 is 10.1 Å². The molecule has 1 aliphatic heterocycles. The third-order valence-corrected chi connectivity index (χ3v) is 5.73. The Hall–Kier alpha value is -2.48. The second kappa shape index (κ2) is 7.26. The Morgan fingerprint density at radius 3 is 2.70 bits per heavy atom. The van der Waals surface area contributed by atoms with E-state index >= 15 is 0 Å². The highest BCUT2D eigenvalue weighted by molar-refractivity contribution is 5.68. The number of nitrogens with one attached hydrogen (secondary N) is 1. The molecule has 1 saturated carbocycles. The Balaban J connectivity index is 1.42. The van der Waals surface area contributed by atoms with Crippen LogP contribution in [0.2, 0.25) is 0 Å². The fraction of sp³-hybridized carbons (Fsp3) is 0.579. The zero-order valence-electron chi connectivity index (χ0n) is 15.4. The van der Waals surface area contributed by atoms with E-state index in [1.807, 2.05) is 21.6 Å². The highest BCUT2D eigenvalue weighted by atomic mass is 16.5. The van der Waals surface area contributed by atoms with E-state index in [1.165, 1.54) is 32.1 Å². The molecule has 0 unspecified atom stereocenters. The molecule has 27 heavy (non-hydrogen) atoms. The minimum Gasteiger partial charge on any atom is -0.381 e. The van der Waals surface area contributed by atoms with Gasteiger partial charge in [0.1, 0.15) is 6.33 Å². The molecular weight excluding hydrogens is 342 g/mol. The van der Waals surface area contributed by atoms with E-state index in [-0.39, 0.29) is 0 Å². The van der Waals surface area contributed by atoms with Gasteiger partial charge in [-0.2, -0.15) is 10.2 Å². The van der Waals surface area contributed by atoms with Crippen LogP contribution < -0.4 is 5.32 Å². The van der Waals surface area contributed by atoms with Crippen LogP contribution in [0, 0.1) is 0 Å². The lowest BCUT2D eigenvalue weighted by Gasteiger charge is -2.22. The van der Waals surface area contributed by atoms with Crippen molar-refractivity contribution in [2.24, 2.45) is 0 Å². The maximum atomic E-state index is 5.45. The average molecular weight is 367 g/mol. The molecule has 1 aliphatic carbocycles. The van der Waals surface area contributed by atoms with Gasteiger partial charge in [-0.25, -0.2) is 14.5 Å². The number of anilines is 2. The Labute approximate surface area is 158 Å². The lowest BCUT2D eigenvalue weighted by atomic mass is 9.87. The molecule has 0 radical (unpaired) electrons. The van der Waals surface area contributed by atoms with Gasteiger partial charge in [-0.05, 0) is 25.7 Å². The monoisotopic (exact) mass is 367 g/mol. The van der Waals surface area contributed by atoms with Crippen molar-refractivity contribution in [2.45, 2.75) is 56.9 Å². The number of ether oxygens (including phenoxy) is 1. The molecule has 5 rings (SSSR count). The number of hydrogen-bond acceptors (Lipinski definition) is 6. The van der Waals surface area contributed by atoms with Crippen LogP contribution in [-0.4, -0.2) is 42.6 Å². The largest absolute Gasteiger partial charge is 0.381 e. The van der Waals surface area contributed by atoms with Gasteiger partial charge in [0.2, 0.25) is 0 Å². The fourth-order valence-electron chi connectivity index (χ4n) is 4.21. The lowest BCUT2D eigenvalue weighted by Crippen LogP contribution is -2.19. The van der Waals surface area contributed by atoms with Crippen molar-refractivity contribution in [1.29, 1.82) is 0 Å². The van der Waals surface area contributed by atoms with Crippen molar-refractivity contribution < 1.29 is 4.74 Å². The second-order valence-corrected chi connectivity index (χ2v) is 7.56. The summed E-state index contributed by atoms with van der Waals surface area (Å²) >= 11 is 0. The minimum atomic E-state index is 0.406. The number of hydrogen-bond donors (Lipinski definition) is 1. The predicted octanol–water partition coefficient (Wildman–Crippen LogP) is 3.46. The average Bonchev–Trinajstić information content (AvgIpc) is 3.39. The molecule has 8 nitrogen and oxygen atoms in total. The SMILES string of the molecule is c1nc2c(Nc3cnn(C4CCOCC4)c3)nc(C3CCCCC3)cn2n1. The van der Waals surface area contributed by atoms with Crippen LogP contribution in [0.1, 0.15) is 62.6 Å². The summed E-state index contributed by atoms with van der Waals surface area (Å²) in [4.78, 5) is 9.30. The maximum absolute atomic E-state index is 5.45. The second-order valence-electron chi connectivity index (χ2n) is 7.56. The molecule has 3 aromatic heterocycles. The molecule has 0 aromatic carbocycles. The number of nitrogens with zero attached hydrogens (tertiary/aromatic N) is 6. The van der Waals surface area contributed by atoms with E-state index in [2.05, 4.69) is 26.7 Å². The third kappa shape index (κ3) is 3.41. The van der Waals surface area contributed by atoms with Crippen LogP contribution in [0.4, 0.5) is 11.5 Å². The fourth-order valence-corrected chi connectivity index (χ4v) is 4.21. The summed E-state index contributed by atoms with van der Waals surface area (Å²) in [6, 6.07) is 0.406. The Kier molecular flexibility index (Phi) is 4.49. The molecule has 0 bridgehead atoms. The quantitative estimate of drug-likeness (QED) is 0.760. The first-order valence-electron chi connectivity index (χ1n) is 9.96. The van der Waals surface area contributed by atoms with Crippen LogP contribution >= 0.6 is 0 Å². The summed E-state index contributed by atoms with van der Waals surface area (Å²) in [6.45, 7) is 1.61. The standard InChI is InChI=1S/C19H25N7O/c1-2-4-14(5-3-1)17-12-26-19(20-13-22-26)18(24-17)23-15-10-21-25(11-15)16-6-8-27-9-7-16/h10-14,16H,1-9H2,(H,23,24). The first kappa shape index (κ1) is 16.7. The smallest absolute Gasteiger partial charge is 0.198 e. The summed E-state index contributed by atoms with van der Waals surface area (Å²) in [5.41, 5.74) is 2.78. The molecule has 0 atom stereocenters. The molecule has 4 heterocycles. The molecule has 1 saturated heterocycles. The van der Waals surface area contributed by atoms with Gasteiger partial charge in [-0.1, -0.05) is 19.3 Å². The molecule has 3 aromatic rings. The van der Waals surface area contributed by atoms with E-state index in [1.54, 1.807) is 6.33 Å². The van der Waals surface area contributed by atoms with Gasteiger partial charge >= 0.3 is 0 Å². The summed E-state index contributed by atoms with van der Waals surface area (Å²) < 4.78 is 9.32. The summed E-state index contributed by atoms with van der Waals surface area (Å²) in [5, 5.41) is 12.3. The van der Waals surface area contributed by atoms with Crippen molar-refractivity contribution in [3.05, 3.63) is 30.6 Å². The Bertz CT molecular complexity index is 906. The van der Waals surface area contributed by atoms with Crippen LogP contribution in [0.15, 0.2) is 24.9 Å².